The van der Waals surface area contributed by atoms with Gasteiger partial charge in [-0.3, -0.25) is 4.79 Å². The normalized spacial score (nSPS) is 13.2. The number of fused-ring (bicyclic) bond motifs is 2. The van der Waals surface area contributed by atoms with Crippen molar-refractivity contribution >= 4 is 23.6 Å². The average molecular weight is 292 g/mol. The first-order chi connectivity index (χ1) is 10.5. The first-order valence-electron chi connectivity index (χ1n) is 7.04. The highest BCUT2D eigenvalue weighted by atomic mass is 16.1. The second kappa shape index (κ2) is 5.15. The highest BCUT2D eigenvalue weighted by molar-refractivity contribution is 5.88. The lowest BCUT2D eigenvalue weighted by Crippen LogP contribution is -2.21. The number of nitriles is 1. The molecule has 0 fully saturated rings. The predicted octanol–water partition coefficient (Wildman–Crippen LogP) is 3.10. The summed E-state index contributed by atoms with van der Waals surface area (Å²) in [6, 6.07) is 11.8. The highest BCUT2D eigenvalue weighted by Gasteiger charge is 2.24. The number of hydrogen-bond acceptors (Lipinski definition) is 4. The van der Waals surface area contributed by atoms with Crippen LogP contribution in [0.3, 0.4) is 0 Å². The molecule has 2 aromatic rings. The largest absolute Gasteiger partial charge is 0.338 e. The number of carbonyl (C=O) groups excluding carboxylic acids is 1. The number of rotatable bonds is 2. The van der Waals surface area contributed by atoms with Crippen molar-refractivity contribution in [2.24, 2.45) is 0 Å². The number of amides is 1. The molecule has 1 aliphatic heterocycles. The van der Waals surface area contributed by atoms with Crippen LogP contribution in [0.25, 0.3) is 0 Å². The number of hydrogen-bond donors (Lipinski definition) is 1. The van der Waals surface area contributed by atoms with Gasteiger partial charge in [-0.2, -0.15) is 5.26 Å². The monoisotopic (exact) mass is 292 g/mol. The quantitative estimate of drug-likeness (QED) is 0.863. The first kappa shape index (κ1) is 14.1. The standard InChI is InChI=1S/C17H16N4O/c1-17(2,10-18)13-5-6-14-15(8-13)21(11-22)9-12-4-3-7-19-16(12)20-14/h3-8,11H,9H2,1-2H3,(H,19,20). The fraction of sp³-hybridized carbons (Fsp3) is 0.235. The molecule has 0 radical (unpaired) electrons. The third-order valence-corrected chi connectivity index (χ3v) is 3.92. The summed E-state index contributed by atoms with van der Waals surface area (Å²) in [7, 11) is 0. The van der Waals surface area contributed by atoms with E-state index in [9.17, 15) is 10.1 Å². The summed E-state index contributed by atoms with van der Waals surface area (Å²) in [5, 5.41) is 12.6. The summed E-state index contributed by atoms with van der Waals surface area (Å²) in [4.78, 5) is 17.5. The Labute approximate surface area is 129 Å². The van der Waals surface area contributed by atoms with Gasteiger partial charge in [0.25, 0.3) is 0 Å². The van der Waals surface area contributed by atoms with Crippen molar-refractivity contribution in [1.29, 1.82) is 5.26 Å². The Morgan fingerprint density at radius 1 is 1.41 bits per heavy atom. The van der Waals surface area contributed by atoms with Crippen LogP contribution in [0.15, 0.2) is 36.5 Å². The van der Waals surface area contributed by atoms with Gasteiger partial charge >= 0.3 is 0 Å². The minimum Gasteiger partial charge on any atom is -0.338 e. The predicted molar refractivity (Wildman–Crippen MR) is 84.8 cm³/mol. The summed E-state index contributed by atoms with van der Waals surface area (Å²) < 4.78 is 0. The van der Waals surface area contributed by atoms with Gasteiger partial charge in [0.05, 0.1) is 29.4 Å². The Hall–Kier alpha value is -2.87. The van der Waals surface area contributed by atoms with Crippen LogP contribution in [0.1, 0.15) is 25.0 Å². The summed E-state index contributed by atoms with van der Waals surface area (Å²) in [5.74, 6) is 0.750. The van der Waals surface area contributed by atoms with Gasteiger partial charge in [-0.05, 0) is 37.6 Å². The lowest BCUT2D eigenvalue weighted by atomic mass is 9.86. The van der Waals surface area contributed by atoms with Gasteiger partial charge in [0.15, 0.2) is 0 Å². The second-order valence-electron chi connectivity index (χ2n) is 5.84. The number of nitrogens with one attached hydrogen (secondary N) is 1. The van der Waals surface area contributed by atoms with Crippen LogP contribution >= 0.6 is 0 Å². The zero-order valence-corrected chi connectivity index (χ0v) is 12.5. The molecule has 0 unspecified atom stereocenters. The molecule has 0 spiro atoms. The Bertz CT molecular complexity index is 776. The third kappa shape index (κ3) is 2.29. The summed E-state index contributed by atoms with van der Waals surface area (Å²) in [5.41, 5.74) is 2.78. The second-order valence-corrected chi connectivity index (χ2v) is 5.84. The maximum atomic E-state index is 11.5. The van der Waals surface area contributed by atoms with Crippen LogP contribution < -0.4 is 10.2 Å². The van der Waals surface area contributed by atoms with Gasteiger partial charge in [0.1, 0.15) is 5.82 Å². The summed E-state index contributed by atoms with van der Waals surface area (Å²) in [6.07, 6.45) is 2.53. The molecule has 1 aromatic carbocycles. The molecule has 0 saturated heterocycles. The molecule has 3 rings (SSSR count). The van der Waals surface area contributed by atoms with Crippen molar-refractivity contribution < 1.29 is 4.79 Å². The van der Waals surface area contributed by atoms with Crippen LogP contribution in [-0.4, -0.2) is 11.4 Å². The third-order valence-electron chi connectivity index (χ3n) is 3.92. The molecule has 1 aromatic heterocycles. The van der Waals surface area contributed by atoms with E-state index in [0.29, 0.717) is 6.54 Å². The van der Waals surface area contributed by atoms with Crippen molar-refractivity contribution in [1.82, 2.24) is 4.98 Å². The average Bonchev–Trinajstić information content (AvgIpc) is 2.70. The molecular formula is C17H16N4O. The molecule has 2 heterocycles. The van der Waals surface area contributed by atoms with E-state index in [1.165, 1.54) is 0 Å². The van der Waals surface area contributed by atoms with E-state index in [1.807, 2.05) is 44.2 Å². The molecule has 0 saturated carbocycles. The zero-order valence-electron chi connectivity index (χ0n) is 12.5. The molecule has 110 valence electrons. The van der Waals surface area contributed by atoms with E-state index in [-0.39, 0.29) is 0 Å². The first-order valence-corrected chi connectivity index (χ1v) is 7.04. The Kier molecular flexibility index (Phi) is 3.30. The number of aromatic nitrogens is 1. The van der Waals surface area contributed by atoms with E-state index in [4.69, 9.17) is 0 Å². The minimum atomic E-state index is -0.610. The van der Waals surface area contributed by atoms with Gasteiger partial charge in [-0.1, -0.05) is 12.1 Å². The van der Waals surface area contributed by atoms with Gasteiger partial charge < -0.3 is 10.2 Å². The lowest BCUT2D eigenvalue weighted by molar-refractivity contribution is -0.107. The SMILES string of the molecule is CC(C)(C#N)c1ccc2c(c1)N(C=O)Cc1cccnc1N2. The van der Waals surface area contributed by atoms with Gasteiger partial charge in [-0.15, -0.1) is 0 Å². The molecule has 5 nitrogen and oxygen atoms in total. The summed E-state index contributed by atoms with van der Waals surface area (Å²) in [6.45, 7) is 4.17. The van der Waals surface area contributed by atoms with Crippen LogP contribution in [0.4, 0.5) is 17.2 Å². The van der Waals surface area contributed by atoms with Gasteiger partial charge in [0.2, 0.25) is 6.41 Å². The lowest BCUT2D eigenvalue weighted by Gasteiger charge is -2.22. The molecule has 5 heteroatoms. The number of nitrogens with zero attached hydrogens (tertiary/aromatic N) is 3. The van der Waals surface area contributed by atoms with E-state index in [2.05, 4.69) is 16.4 Å². The van der Waals surface area contributed by atoms with Crippen molar-refractivity contribution in [3.8, 4) is 6.07 Å². The van der Waals surface area contributed by atoms with Crippen LogP contribution in [0, 0.1) is 11.3 Å². The molecule has 1 N–H and O–H groups in total. The number of pyridine rings is 1. The maximum Gasteiger partial charge on any atom is 0.214 e. The molecule has 22 heavy (non-hydrogen) atoms. The van der Waals surface area contributed by atoms with Crippen LogP contribution in [0.5, 0.6) is 0 Å². The fourth-order valence-electron chi connectivity index (χ4n) is 2.50. The number of anilines is 3. The zero-order chi connectivity index (χ0) is 15.7. The van der Waals surface area contributed by atoms with E-state index < -0.39 is 5.41 Å². The molecule has 0 bridgehead atoms. The molecule has 1 amide bonds. The van der Waals surface area contributed by atoms with Crippen molar-refractivity contribution in [3.63, 3.8) is 0 Å². The minimum absolute atomic E-state index is 0.448. The van der Waals surface area contributed by atoms with Crippen molar-refractivity contribution in [3.05, 3.63) is 47.7 Å². The van der Waals surface area contributed by atoms with Crippen LogP contribution in [0.2, 0.25) is 0 Å². The van der Waals surface area contributed by atoms with E-state index in [0.717, 1.165) is 34.7 Å². The summed E-state index contributed by atoms with van der Waals surface area (Å²) >= 11 is 0. The molecule has 0 aliphatic carbocycles. The van der Waals surface area contributed by atoms with Crippen molar-refractivity contribution in [2.45, 2.75) is 25.8 Å². The van der Waals surface area contributed by atoms with E-state index in [1.54, 1.807) is 11.1 Å². The molecule has 1 aliphatic rings. The molecular weight excluding hydrogens is 276 g/mol. The fourth-order valence-corrected chi connectivity index (χ4v) is 2.50. The van der Waals surface area contributed by atoms with E-state index >= 15 is 0 Å². The Morgan fingerprint density at radius 2 is 2.23 bits per heavy atom. The Morgan fingerprint density at radius 3 is 2.95 bits per heavy atom. The topological polar surface area (TPSA) is 69.0 Å². The van der Waals surface area contributed by atoms with Crippen LogP contribution in [-0.2, 0) is 16.8 Å². The number of benzene rings is 1. The maximum absolute atomic E-state index is 11.5. The van der Waals surface area contributed by atoms with Gasteiger partial charge in [-0.25, -0.2) is 4.98 Å². The number of carbonyl (C=O) groups is 1. The molecule has 0 atom stereocenters. The van der Waals surface area contributed by atoms with Gasteiger partial charge in [0, 0.05) is 11.8 Å². The van der Waals surface area contributed by atoms with Crippen molar-refractivity contribution in [2.75, 3.05) is 10.2 Å². The highest BCUT2D eigenvalue weighted by Crippen LogP contribution is 2.37. The smallest absolute Gasteiger partial charge is 0.214 e. The Balaban J connectivity index is 2.13.